The van der Waals surface area contributed by atoms with Gasteiger partial charge in [0, 0.05) is 5.56 Å². The van der Waals surface area contributed by atoms with Crippen LogP contribution in [0.1, 0.15) is 41.5 Å². The van der Waals surface area contributed by atoms with Crippen LogP contribution in [-0.4, -0.2) is 54.7 Å². The largest absolute Gasteiger partial charge is 0.444 e. The predicted octanol–water partition coefficient (Wildman–Crippen LogP) is 2.33. The molecule has 1 heterocycles. The second-order valence-electron chi connectivity index (χ2n) is 8.37. The summed E-state index contributed by atoms with van der Waals surface area (Å²) < 4.78 is 11.6. The molecule has 0 spiro atoms. The number of tetrazole rings is 1. The average Bonchev–Trinajstić information content (AvgIpc) is 3.07. The Hall–Kier alpha value is -3.54. The first-order chi connectivity index (χ1) is 14.4. The highest BCUT2D eigenvalue weighted by Crippen LogP contribution is 2.28. The summed E-state index contributed by atoms with van der Waals surface area (Å²) in [5, 5.41) is 25.4. The number of hydrogen-bond donors (Lipinski definition) is 3. The van der Waals surface area contributed by atoms with E-state index in [4.69, 9.17) is 9.47 Å². The van der Waals surface area contributed by atoms with E-state index < -0.39 is 30.1 Å². The number of nitrogens with zero attached hydrogens (tertiary/aromatic N) is 5. The van der Waals surface area contributed by atoms with Crippen molar-refractivity contribution < 1.29 is 24.2 Å². The minimum absolute atomic E-state index is 0.223. The number of aliphatic hydroxyl groups is 1. The summed E-state index contributed by atoms with van der Waals surface area (Å²) in [6.45, 7) is 9.77. The maximum absolute atomic E-state index is 12.3. The second kappa shape index (κ2) is 9.51. The number of rotatable bonds is 3. The van der Waals surface area contributed by atoms with E-state index in [9.17, 15) is 14.7 Å². The second-order valence-corrected chi connectivity index (χ2v) is 8.37. The van der Waals surface area contributed by atoms with E-state index >= 15 is 0 Å². The Kier molecular flexibility index (Phi) is 7.28. The number of aliphatic imine (C=N–C) groups is 1. The van der Waals surface area contributed by atoms with Gasteiger partial charge in [-0.15, -0.1) is 5.10 Å². The minimum Gasteiger partial charge on any atom is -0.444 e. The van der Waals surface area contributed by atoms with Crippen molar-refractivity contribution >= 4 is 23.8 Å². The van der Waals surface area contributed by atoms with E-state index in [1.165, 1.54) is 0 Å². The monoisotopic (exact) mass is 433 g/mol. The van der Waals surface area contributed by atoms with Crippen LogP contribution in [0.4, 0.5) is 15.3 Å². The molecule has 0 aliphatic rings. The van der Waals surface area contributed by atoms with Crippen molar-refractivity contribution in [1.29, 1.82) is 0 Å². The molecule has 2 aromatic rings. The lowest BCUT2D eigenvalue weighted by atomic mass is 10.1. The molecular weight excluding hydrogens is 406 g/mol. The van der Waals surface area contributed by atoms with Crippen LogP contribution < -0.4 is 10.6 Å². The van der Waals surface area contributed by atoms with Crippen LogP contribution in [0, 0.1) is 0 Å². The number of aliphatic hydroxyl groups excluding tert-OH is 1. The summed E-state index contributed by atoms with van der Waals surface area (Å²) in [5.41, 5.74) is -0.755. The maximum atomic E-state index is 12.3. The van der Waals surface area contributed by atoms with Gasteiger partial charge in [-0.2, -0.15) is 4.68 Å². The first-order valence-corrected chi connectivity index (χ1v) is 9.43. The zero-order chi connectivity index (χ0) is 23.2. The van der Waals surface area contributed by atoms with Crippen molar-refractivity contribution in [2.24, 2.45) is 4.99 Å². The van der Waals surface area contributed by atoms with Crippen LogP contribution in [0.3, 0.4) is 0 Å². The highest BCUT2D eigenvalue weighted by Gasteiger charge is 2.22. The summed E-state index contributed by atoms with van der Waals surface area (Å²) in [6, 6.07) is 6.73. The molecule has 12 nitrogen and oxygen atoms in total. The van der Waals surface area contributed by atoms with E-state index in [1.807, 2.05) is 0 Å². The quantitative estimate of drug-likeness (QED) is 0.492. The molecule has 0 aliphatic carbocycles. The van der Waals surface area contributed by atoms with Gasteiger partial charge in [0.15, 0.2) is 5.82 Å². The Morgan fingerprint density at radius 1 is 1.03 bits per heavy atom. The molecule has 3 N–H and O–H groups in total. The Bertz CT molecular complexity index is 925. The third-order valence-electron chi connectivity index (χ3n) is 3.28. The Balaban J connectivity index is 2.41. The average molecular weight is 433 g/mol. The van der Waals surface area contributed by atoms with E-state index in [0.29, 0.717) is 11.3 Å². The molecule has 0 radical (unpaired) electrons. The number of nitrogens with one attached hydrogen (secondary N) is 2. The van der Waals surface area contributed by atoms with E-state index in [1.54, 1.807) is 65.8 Å². The number of benzene rings is 1. The van der Waals surface area contributed by atoms with Gasteiger partial charge in [-0.1, -0.05) is 12.1 Å². The number of carbonyl (C=O) groups is 2. The number of carbonyl (C=O) groups excluding carboxylic acids is 2. The first kappa shape index (κ1) is 23.7. The fraction of sp³-hybridized carbons (Fsp3) is 0.474. The zero-order valence-corrected chi connectivity index (χ0v) is 18.3. The molecule has 31 heavy (non-hydrogen) atoms. The van der Waals surface area contributed by atoms with Gasteiger partial charge in [-0.3, -0.25) is 10.6 Å². The molecule has 1 aromatic carbocycles. The number of para-hydroxylation sites is 1. The molecule has 1 aromatic heterocycles. The van der Waals surface area contributed by atoms with Crippen LogP contribution in [0.15, 0.2) is 29.3 Å². The molecule has 0 unspecified atom stereocenters. The number of aromatic nitrogens is 4. The minimum atomic E-state index is -0.819. The van der Waals surface area contributed by atoms with Crippen molar-refractivity contribution in [2.75, 3.05) is 0 Å². The van der Waals surface area contributed by atoms with Crippen LogP contribution in [0.25, 0.3) is 11.4 Å². The van der Waals surface area contributed by atoms with Crippen LogP contribution in [0.5, 0.6) is 0 Å². The number of alkyl carbamates (subject to hydrolysis) is 2. The summed E-state index contributed by atoms with van der Waals surface area (Å²) >= 11 is 0. The van der Waals surface area contributed by atoms with Gasteiger partial charge >= 0.3 is 12.2 Å². The standard InChI is InChI=1S/C19H27N7O5/c1-18(2,3)30-16(28)21-15(22-17(29)31-19(4,5)6)20-13-10-8-7-9-12(13)14-23-24-25-26(14)11-27/h7-10,27H,11H2,1-6H3,(H2,20,21,22,28,29). The molecule has 0 saturated heterocycles. The molecule has 12 heteroatoms. The highest BCUT2D eigenvalue weighted by molar-refractivity contribution is 6.03. The normalized spacial score (nSPS) is 11.5. The molecule has 168 valence electrons. The molecule has 0 fully saturated rings. The van der Waals surface area contributed by atoms with Gasteiger partial charge in [-0.05, 0) is 64.1 Å². The number of ether oxygens (including phenoxy) is 2. The third-order valence-corrected chi connectivity index (χ3v) is 3.28. The Morgan fingerprint density at radius 3 is 2.10 bits per heavy atom. The summed E-state index contributed by atoms with van der Waals surface area (Å²) in [4.78, 5) is 28.9. The summed E-state index contributed by atoms with van der Waals surface area (Å²) in [7, 11) is 0. The van der Waals surface area contributed by atoms with Gasteiger partial charge in [0.25, 0.3) is 0 Å². The first-order valence-electron chi connectivity index (χ1n) is 9.43. The molecular formula is C19H27N7O5. The molecule has 0 saturated carbocycles. The van der Waals surface area contributed by atoms with Gasteiger partial charge in [-0.25, -0.2) is 14.6 Å². The lowest BCUT2D eigenvalue weighted by Crippen LogP contribution is -2.47. The predicted molar refractivity (Wildman–Crippen MR) is 111 cm³/mol. The van der Waals surface area contributed by atoms with Crippen molar-refractivity contribution in [1.82, 2.24) is 30.8 Å². The lowest BCUT2D eigenvalue weighted by molar-refractivity contribution is 0.0545. The zero-order valence-electron chi connectivity index (χ0n) is 18.3. The Labute approximate surface area is 179 Å². The van der Waals surface area contributed by atoms with Crippen molar-refractivity contribution in [3.05, 3.63) is 24.3 Å². The van der Waals surface area contributed by atoms with Crippen molar-refractivity contribution in [3.8, 4) is 11.4 Å². The van der Waals surface area contributed by atoms with Crippen LogP contribution in [-0.2, 0) is 16.2 Å². The molecule has 2 amide bonds. The SMILES string of the molecule is CC(C)(C)OC(=O)NC(=Nc1ccccc1-c1nnnn1CO)NC(=O)OC(C)(C)C. The fourth-order valence-corrected chi connectivity index (χ4v) is 2.26. The topological polar surface area (TPSA) is 153 Å². The molecule has 0 atom stereocenters. The van der Waals surface area contributed by atoms with E-state index in [-0.39, 0.29) is 11.8 Å². The summed E-state index contributed by atoms with van der Waals surface area (Å²) in [5.74, 6) is 0.0229. The summed E-state index contributed by atoms with van der Waals surface area (Å²) in [6.07, 6.45) is -1.64. The Morgan fingerprint density at radius 2 is 1.58 bits per heavy atom. The number of guanidine groups is 1. The van der Waals surface area contributed by atoms with Gasteiger partial charge in [0.05, 0.1) is 5.69 Å². The van der Waals surface area contributed by atoms with Gasteiger partial charge in [0.1, 0.15) is 17.9 Å². The fourth-order valence-electron chi connectivity index (χ4n) is 2.26. The van der Waals surface area contributed by atoms with Gasteiger partial charge in [0.2, 0.25) is 5.96 Å². The maximum Gasteiger partial charge on any atom is 0.414 e. The number of amides is 2. The van der Waals surface area contributed by atoms with Crippen LogP contribution >= 0.6 is 0 Å². The molecule has 0 bridgehead atoms. The van der Waals surface area contributed by atoms with E-state index in [0.717, 1.165) is 4.68 Å². The van der Waals surface area contributed by atoms with Gasteiger partial charge < -0.3 is 14.6 Å². The highest BCUT2D eigenvalue weighted by atomic mass is 16.6. The third kappa shape index (κ3) is 7.66. The van der Waals surface area contributed by atoms with E-state index in [2.05, 4.69) is 31.2 Å². The lowest BCUT2D eigenvalue weighted by Gasteiger charge is -2.22. The molecule has 0 aliphatic heterocycles. The smallest absolute Gasteiger partial charge is 0.414 e. The number of hydrogen-bond acceptors (Lipinski definition) is 9. The van der Waals surface area contributed by atoms with Crippen LogP contribution in [0.2, 0.25) is 0 Å². The van der Waals surface area contributed by atoms with Crippen molar-refractivity contribution in [2.45, 2.75) is 59.5 Å². The van der Waals surface area contributed by atoms with Crippen molar-refractivity contribution in [3.63, 3.8) is 0 Å². The molecule has 2 rings (SSSR count).